The molecule has 1 aliphatic heterocycles. The van der Waals surface area contributed by atoms with Gasteiger partial charge < -0.3 is 0 Å². The molecule has 0 aromatic heterocycles. The van der Waals surface area contributed by atoms with Crippen molar-refractivity contribution in [2.75, 3.05) is 6.67 Å². The molecule has 0 atom stereocenters. The number of rotatable bonds is 2. The standard InChI is InChI=1S/C9H10N2O/c12-10-7-11-5-8-3-1-2-4-9(8)6-11/h1-4H,5-7H2. The van der Waals surface area contributed by atoms with E-state index in [4.69, 9.17) is 0 Å². The quantitative estimate of drug-likeness (QED) is 0.620. The van der Waals surface area contributed by atoms with Gasteiger partial charge in [-0.15, -0.1) is 4.91 Å². The minimum atomic E-state index is 0.300. The Labute approximate surface area is 71.0 Å². The largest absolute Gasteiger partial charge is 0.273 e. The predicted molar refractivity (Wildman–Crippen MR) is 46.4 cm³/mol. The lowest BCUT2D eigenvalue weighted by atomic mass is 10.1. The van der Waals surface area contributed by atoms with Crippen LogP contribution in [0.5, 0.6) is 0 Å². The van der Waals surface area contributed by atoms with Crippen molar-refractivity contribution in [3.63, 3.8) is 0 Å². The van der Waals surface area contributed by atoms with Gasteiger partial charge in [0.15, 0.2) is 0 Å². The molecule has 12 heavy (non-hydrogen) atoms. The van der Waals surface area contributed by atoms with Crippen molar-refractivity contribution in [2.24, 2.45) is 5.18 Å². The summed E-state index contributed by atoms with van der Waals surface area (Å²) in [7, 11) is 0. The van der Waals surface area contributed by atoms with Crippen molar-refractivity contribution in [3.8, 4) is 0 Å². The average molecular weight is 162 g/mol. The zero-order chi connectivity index (χ0) is 8.39. The van der Waals surface area contributed by atoms with Gasteiger partial charge in [0, 0.05) is 13.1 Å². The molecule has 1 aromatic rings. The second kappa shape index (κ2) is 3.03. The first-order chi connectivity index (χ1) is 5.90. The van der Waals surface area contributed by atoms with E-state index in [9.17, 15) is 4.91 Å². The van der Waals surface area contributed by atoms with Gasteiger partial charge in [0.2, 0.25) is 0 Å². The van der Waals surface area contributed by atoms with Crippen LogP contribution in [0.4, 0.5) is 0 Å². The maximum atomic E-state index is 10.0. The topological polar surface area (TPSA) is 32.7 Å². The molecule has 0 N–H and O–H groups in total. The molecule has 1 aliphatic rings. The van der Waals surface area contributed by atoms with Gasteiger partial charge in [0.1, 0.15) is 6.67 Å². The fourth-order valence-corrected chi connectivity index (χ4v) is 1.59. The van der Waals surface area contributed by atoms with E-state index < -0.39 is 0 Å². The fraction of sp³-hybridized carbons (Fsp3) is 0.333. The molecule has 0 radical (unpaired) electrons. The number of hydrogen-bond donors (Lipinski definition) is 0. The Balaban J connectivity index is 2.16. The van der Waals surface area contributed by atoms with Gasteiger partial charge in [-0.1, -0.05) is 29.4 Å². The van der Waals surface area contributed by atoms with Gasteiger partial charge in [-0.2, -0.15) is 0 Å². The van der Waals surface area contributed by atoms with E-state index in [1.807, 2.05) is 17.0 Å². The molecule has 0 spiro atoms. The first-order valence-corrected chi connectivity index (χ1v) is 3.98. The molecule has 62 valence electrons. The van der Waals surface area contributed by atoms with Crippen LogP contribution in [0.25, 0.3) is 0 Å². The van der Waals surface area contributed by atoms with Crippen LogP contribution in [0.15, 0.2) is 29.4 Å². The molecule has 0 amide bonds. The average Bonchev–Trinajstić information content (AvgIpc) is 2.47. The maximum absolute atomic E-state index is 10.0. The number of benzene rings is 1. The summed E-state index contributed by atoms with van der Waals surface area (Å²) in [4.78, 5) is 12.0. The minimum absolute atomic E-state index is 0.300. The van der Waals surface area contributed by atoms with Crippen LogP contribution in [0.1, 0.15) is 11.1 Å². The molecule has 3 nitrogen and oxygen atoms in total. The molecule has 1 aromatic carbocycles. The van der Waals surface area contributed by atoms with Crippen molar-refractivity contribution in [1.82, 2.24) is 4.90 Å². The third-order valence-electron chi connectivity index (χ3n) is 2.16. The van der Waals surface area contributed by atoms with Crippen LogP contribution < -0.4 is 0 Å². The third kappa shape index (κ3) is 1.23. The van der Waals surface area contributed by atoms with E-state index in [1.54, 1.807) is 0 Å². The van der Waals surface area contributed by atoms with Crippen LogP contribution in [0.2, 0.25) is 0 Å². The van der Waals surface area contributed by atoms with Crippen LogP contribution in [0, 0.1) is 4.91 Å². The number of nitrogens with zero attached hydrogens (tertiary/aromatic N) is 2. The summed E-state index contributed by atoms with van der Waals surface area (Å²) in [5.41, 5.74) is 2.64. The highest BCUT2D eigenvalue weighted by Crippen LogP contribution is 2.21. The van der Waals surface area contributed by atoms with Crippen molar-refractivity contribution >= 4 is 0 Å². The molecular weight excluding hydrogens is 152 g/mol. The van der Waals surface area contributed by atoms with Crippen LogP contribution in [-0.2, 0) is 13.1 Å². The predicted octanol–water partition coefficient (Wildman–Crippen LogP) is 1.73. The smallest absolute Gasteiger partial charge is 0.134 e. The zero-order valence-corrected chi connectivity index (χ0v) is 6.73. The molecular formula is C9H10N2O. The summed E-state index contributed by atoms with van der Waals surface area (Å²) in [6.45, 7) is 2.03. The summed E-state index contributed by atoms with van der Waals surface area (Å²) >= 11 is 0. The maximum Gasteiger partial charge on any atom is 0.134 e. The molecule has 0 saturated carbocycles. The molecule has 2 rings (SSSR count). The van der Waals surface area contributed by atoms with E-state index in [2.05, 4.69) is 17.3 Å². The summed E-state index contributed by atoms with van der Waals surface area (Å²) in [6.07, 6.45) is 0. The van der Waals surface area contributed by atoms with E-state index in [0.717, 1.165) is 13.1 Å². The Morgan fingerprint density at radius 1 is 1.25 bits per heavy atom. The first-order valence-electron chi connectivity index (χ1n) is 3.98. The molecule has 1 heterocycles. The molecule has 0 saturated heterocycles. The zero-order valence-electron chi connectivity index (χ0n) is 6.73. The van der Waals surface area contributed by atoms with E-state index >= 15 is 0 Å². The van der Waals surface area contributed by atoms with E-state index in [0.29, 0.717) is 6.67 Å². The second-order valence-electron chi connectivity index (χ2n) is 3.03. The van der Waals surface area contributed by atoms with Gasteiger partial charge >= 0.3 is 0 Å². The van der Waals surface area contributed by atoms with Crippen molar-refractivity contribution in [3.05, 3.63) is 40.3 Å². The molecule has 0 aliphatic carbocycles. The van der Waals surface area contributed by atoms with Gasteiger partial charge in [-0.3, -0.25) is 4.90 Å². The molecule has 0 fully saturated rings. The first kappa shape index (κ1) is 7.43. The summed E-state index contributed by atoms with van der Waals surface area (Å²) in [6, 6.07) is 8.24. The Kier molecular flexibility index (Phi) is 1.87. The molecule has 0 unspecified atom stereocenters. The molecule has 0 bridgehead atoms. The van der Waals surface area contributed by atoms with Gasteiger partial charge in [-0.05, 0) is 11.1 Å². The van der Waals surface area contributed by atoms with Crippen LogP contribution in [0.3, 0.4) is 0 Å². The van der Waals surface area contributed by atoms with Crippen LogP contribution in [-0.4, -0.2) is 11.6 Å². The SMILES string of the molecule is O=NCN1Cc2ccccc2C1. The highest BCUT2D eigenvalue weighted by Gasteiger charge is 2.17. The van der Waals surface area contributed by atoms with Crippen molar-refractivity contribution in [2.45, 2.75) is 13.1 Å². The second-order valence-corrected chi connectivity index (χ2v) is 3.03. The Bertz CT molecular complexity index is 273. The lowest BCUT2D eigenvalue weighted by Crippen LogP contribution is -2.15. The number of hydrogen-bond acceptors (Lipinski definition) is 3. The summed E-state index contributed by atoms with van der Waals surface area (Å²) in [5.74, 6) is 0. The summed E-state index contributed by atoms with van der Waals surface area (Å²) < 4.78 is 0. The Morgan fingerprint density at radius 3 is 2.33 bits per heavy atom. The van der Waals surface area contributed by atoms with Gasteiger partial charge in [0.25, 0.3) is 0 Å². The number of nitroso groups, excluding NO2 is 1. The fourth-order valence-electron chi connectivity index (χ4n) is 1.59. The lowest BCUT2D eigenvalue weighted by molar-refractivity contribution is 0.293. The third-order valence-corrected chi connectivity index (χ3v) is 2.16. The van der Waals surface area contributed by atoms with Crippen molar-refractivity contribution < 1.29 is 0 Å². The van der Waals surface area contributed by atoms with Gasteiger partial charge in [-0.25, -0.2) is 0 Å². The summed E-state index contributed by atoms with van der Waals surface area (Å²) in [5, 5.41) is 2.88. The number of fused-ring (bicyclic) bond motifs is 1. The van der Waals surface area contributed by atoms with Gasteiger partial charge in [0.05, 0.1) is 0 Å². The molecule has 3 heteroatoms. The van der Waals surface area contributed by atoms with Crippen molar-refractivity contribution in [1.29, 1.82) is 0 Å². The highest BCUT2D eigenvalue weighted by molar-refractivity contribution is 5.29. The Hall–Kier alpha value is -1.22. The normalized spacial score (nSPS) is 16.0. The minimum Gasteiger partial charge on any atom is -0.273 e. The van der Waals surface area contributed by atoms with E-state index in [1.165, 1.54) is 11.1 Å². The Morgan fingerprint density at radius 2 is 1.83 bits per heavy atom. The van der Waals surface area contributed by atoms with E-state index in [-0.39, 0.29) is 0 Å². The monoisotopic (exact) mass is 162 g/mol. The lowest BCUT2D eigenvalue weighted by Gasteiger charge is -2.07. The highest BCUT2D eigenvalue weighted by atomic mass is 16.3. The van der Waals surface area contributed by atoms with Crippen LogP contribution >= 0.6 is 0 Å².